The third-order valence-electron chi connectivity index (χ3n) is 4.83. The quantitative estimate of drug-likeness (QED) is 0.644. The van der Waals surface area contributed by atoms with E-state index in [4.69, 9.17) is 11.6 Å². The molecule has 0 saturated carbocycles. The van der Waals surface area contributed by atoms with Gasteiger partial charge in [-0.05, 0) is 55.8 Å². The van der Waals surface area contributed by atoms with Crippen LogP contribution in [0.2, 0.25) is 5.02 Å². The van der Waals surface area contributed by atoms with Gasteiger partial charge in [0.1, 0.15) is 5.69 Å². The van der Waals surface area contributed by atoms with E-state index in [-0.39, 0.29) is 0 Å². The average Bonchev–Trinajstić information content (AvgIpc) is 3.12. The van der Waals surface area contributed by atoms with Gasteiger partial charge in [-0.3, -0.25) is 10.1 Å². The highest BCUT2D eigenvalue weighted by Crippen LogP contribution is 2.33. The molecule has 0 unspecified atom stereocenters. The van der Waals surface area contributed by atoms with Crippen molar-refractivity contribution in [2.24, 2.45) is 0 Å². The first-order valence-corrected chi connectivity index (χ1v) is 9.37. The van der Waals surface area contributed by atoms with E-state index in [0.29, 0.717) is 6.04 Å². The summed E-state index contributed by atoms with van der Waals surface area (Å²) >= 11 is 6.05. The van der Waals surface area contributed by atoms with Gasteiger partial charge >= 0.3 is 0 Å². The molecule has 5 nitrogen and oxygen atoms in total. The first-order chi connectivity index (χ1) is 12.8. The number of hydrogen-bond acceptors (Lipinski definition) is 4. The molecule has 3 heterocycles. The molecule has 1 aliphatic heterocycles. The summed E-state index contributed by atoms with van der Waals surface area (Å²) in [6.45, 7) is 2.92. The number of aromatic amines is 1. The van der Waals surface area contributed by atoms with Crippen LogP contribution in [0, 0.1) is 0 Å². The van der Waals surface area contributed by atoms with E-state index < -0.39 is 0 Å². The highest BCUT2D eigenvalue weighted by atomic mass is 35.5. The van der Waals surface area contributed by atoms with Gasteiger partial charge in [-0.25, -0.2) is 0 Å². The third-order valence-corrected chi connectivity index (χ3v) is 5.09. The monoisotopic (exact) mass is 367 g/mol. The number of H-pyrrole nitrogens is 1. The number of nitrogens with zero attached hydrogens (tertiary/aromatic N) is 2. The molecule has 2 aromatic heterocycles. The van der Waals surface area contributed by atoms with E-state index in [0.717, 1.165) is 65.6 Å². The maximum atomic E-state index is 6.05. The van der Waals surface area contributed by atoms with Crippen LogP contribution in [0.3, 0.4) is 0 Å². The second-order valence-corrected chi connectivity index (χ2v) is 7.01. The Kier molecular flexibility index (Phi) is 5.29. The Morgan fingerprint density at radius 2 is 1.73 bits per heavy atom. The molecule has 1 aromatic carbocycles. The minimum Gasteiger partial charge on any atom is -0.317 e. The number of halogens is 1. The zero-order valence-corrected chi connectivity index (χ0v) is 15.3. The van der Waals surface area contributed by atoms with Crippen molar-refractivity contribution in [1.29, 1.82) is 0 Å². The van der Waals surface area contributed by atoms with E-state index in [9.17, 15) is 0 Å². The van der Waals surface area contributed by atoms with Crippen LogP contribution in [0.1, 0.15) is 18.5 Å². The van der Waals surface area contributed by atoms with Gasteiger partial charge in [0.05, 0.1) is 5.69 Å². The Morgan fingerprint density at radius 1 is 1.00 bits per heavy atom. The van der Waals surface area contributed by atoms with Crippen molar-refractivity contribution in [2.45, 2.75) is 25.4 Å². The van der Waals surface area contributed by atoms with Crippen molar-refractivity contribution in [1.82, 2.24) is 25.8 Å². The topological polar surface area (TPSA) is 65.6 Å². The van der Waals surface area contributed by atoms with Crippen LogP contribution in [0.15, 0.2) is 48.8 Å². The van der Waals surface area contributed by atoms with Crippen molar-refractivity contribution >= 4 is 11.6 Å². The first-order valence-electron chi connectivity index (χ1n) is 8.99. The van der Waals surface area contributed by atoms with Crippen LogP contribution in [0.25, 0.3) is 22.4 Å². The molecule has 3 N–H and O–H groups in total. The molecular weight excluding hydrogens is 346 g/mol. The van der Waals surface area contributed by atoms with Crippen LogP contribution >= 0.6 is 11.6 Å². The van der Waals surface area contributed by atoms with Gasteiger partial charge < -0.3 is 10.6 Å². The molecule has 26 heavy (non-hydrogen) atoms. The van der Waals surface area contributed by atoms with Gasteiger partial charge in [0.25, 0.3) is 0 Å². The summed E-state index contributed by atoms with van der Waals surface area (Å²) in [7, 11) is 0. The molecular formula is C20H22ClN5. The highest BCUT2D eigenvalue weighted by Gasteiger charge is 2.18. The van der Waals surface area contributed by atoms with E-state index in [1.165, 1.54) is 0 Å². The van der Waals surface area contributed by atoms with E-state index >= 15 is 0 Å². The molecule has 0 atom stereocenters. The van der Waals surface area contributed by atoms with Gasteiger partial charge in [-0.15, -0.1) is 0 Å². The highest BCUT2D eigenvalue weighted by molar-refractivity contribution is 6.30. The smallest absolute Gasteiger partial charge is 0.100 e. The Hall–Kier alpha value is -2.21. The molecule has 0 amide bonds. The Bertz CT molecular complexity index is 838. The maximum absolute atomic E-state index is 6.05. The van der Waals surface area contributed by atoms with Crippen LogP contribution < -0.4 is 10.6 Å². The summed E-state index contributed by atoms with van der Waals surface area (Å²) in [6, 6.07) is 12.4. The lowest BCUT2D eigenvalue weighted by Gasteiger charge is -2.23. The van der Waals surface area contributed by atoms with Crippen molar-refractivity contribution in [2.75, 3.05) is 13.1 Å². The van der Waals surface area contributed by atoms with Gasteiger partial charge in [0, 0.05) is 41.1 Å². The van der Waals surface area contributed by atoms with E-state index in [1.807, 2.05) is 48.8 Å². The third kappa shape index (κ3) is 3.80. The van der Waals surface area contributed by atoms with Gasteiger partial charge in [0.2, 0.25) is 0 Å². The fraction of sp³-hybridized carbons (Fsp3) is 0.300. The Balaban J connectivity index is 1.66. The Morgan fingerprint density at radius 3 is 2.46 bits per heavy atom. The van der Waals surface area contributed by atoms with Crippen LogP contribution in [-0.2, 0) is 6.54 Å². The fourth-order valence-corrected chi connectivity index (χ4v) is 3.55. The molecule has 1 aliphatic rings. The normalized spacial score (nSPS) is 15.3. The predicted molar refractivity (Wildman–Crippen MR) is 105 cm³/mol. The summed E-state index contributed by atoms with van der Waals surface area (Å²) in [5.74, 6) is 0. The van der Waals surface area contributed by atoms with Gasteiger partial charge in [0.15, 0.2) is 0 Å². The van der Waals surface area contributed by atoms with Gasteiger partial charge in [-0.2, -0.15) is 5.10 Å². The lowest BCUT2D eigenvalue weighted by molar-refractivity contribution is 0.385. The van der Waals surface area contributed by atoms with Crippen molar-refractivity contribution in [3.05, 3.63) is 59.5 Å². The van der Waals surface area contributed by atoms with Crippen molar-refractivity contribution in [3.63, 3.8) is 0 Å². The number of nitrogens with one attached hydrogen (secondary N) is 3. The average molecular weight is 368 g/mol. The lowest BCUT2D eigenvalue weighted by atomic mass is 9.99. The molecule has 1 fully saturated rings. The second-order valence-electron chi connectivity index (χ2n) is 6.57. The predicted octanol–water partition coefficient (Wildman–Crippen LogP) is 3.63. The molecule has 1 saturated heterocycles. The molecule has 134 valence electrons. The SMILES string of the molecule is Clc1ccc(-c2n[nH]c(CNC3CCNCC3)c2-c2ccncc2)cc1. The van der Waals surface area contributed by atoms with Gasteiger partial charge in [-0.1, -0.05) is 23.7 Å². The molecule has 4 rings (SSSR count). The summed E-state index contributed by atoms with van der Waals surface area (Å²) in [5.41, 5.74) is 5.32. The standard InChI is InChI=1S/C20H22ClN5/c21-16-3-1-15(2-4-16)20-19(14-5-9-22-10-6-14)18(25-26-20)13-24-17-7-11-23-12-8-17/h1-6,9-10,17,23-24H,7-8,11-13H2,(H,25,26). The molecule has 0 bridgehead atoms. The summed E-state index contributed by atoms with van der Waals surface area (Å²) in [4.78, 5) is 4.15. The first kappa shape index (κ1) is 17.2. The summed E-state index contributed by atoms with van der Waals surface area (Å²) in [5, 5.41) is 15.7. The lowest BCUT2D eigenvalue weighted by Crippen LogP contribution is -2.39. The molecule has 0 spiro atoms. The zero-order chi connectivity index (χ0) is 17.8. The summed E-state index contributed by atoms with van der Waals surface area (Å²) in [6.07, 6.45) is 5.95. The fourth-order valence-electron chi connectivity index (χ4n) is 3.42. The van der Waals surface area contributed by atoms with E-state index in [2.05, 4.69) is 25.8 Å². The zero-order valence-electron chi connectivity index (χ0n) is 14.5. The molecule has 3 aromatic rings. The molecule has 6 heteroatoms. The minimum absolute atomic E-state index is 0.545. The number of benzene rings is 1. The van der Waals surface area contributed by atoms with Crippen LogP contribution in [0.5, 0.6) is 0 Å². The van der Waals surface area contributed by atoms with Crippen molar-refractivity contribution in [3.8, 4) is 22.4 Å². The largest absolute Gasteiger partial charge is 0.317 e. The number of piperidine rings is 1. The Labute approximate surface area is 158 Å². The minimum atomic E-state index is 0.545. The maximum Gasteiger partial charge on any atom is 0.100 e. The second kappa shape index (κ2) is 7.99. The summed E-state index contributed by atoms with van der Waals surface area (Å²) < 4.78 is 0. The van der Waals surface area contributed by atoms with Crippen LogP contribution in [-0.4, -0.2) is 34.3 Å². The number of pyridine rings is 1. The van der Waals surface area contributed by atoms with Crippen molar-refractivity contribution < 1.29 is 0 Å². The van der Waals surface area contributed by atoms with E-state index in [1.54, 1.807) is 0 Å². The number of hydrogen-bond donors (Lipinski definition) is 3. The van der Waals surface area contributed by atoms with Crippen LogP contribution in [0.4, 0.5) is 0 Å². The number of aromatic nitrogens is 3. The molecule has 0 radical (unpaired) electrons. The molecule has 0 aliphatic carbocycles. The number of rotatable bonds is 5.